The minimum absolute atomic E-state index is 0.304. The van der Waals surface area contributed by atoms with E-state index in [-0.39, 0.29) is 5.82 Å². The molecule has 7 heteroatoms. The minimum Gasteiger partial charge on any atom is -0.349 e. The van der Waals surface area contributed by atoms with Crippen molar-refractivity contribution in [2.75, 3.05) is 5.32 Å². The van der Waals surface area contributed by atoms with Gasteiger partial charge in [0.05, 0.1) is 23.4 Å². The van der Waals surface area contributed by atoms with Gasteiger partial charge in [0, 0.05) is 18.9 Å². The summed E-state index contributed by atoms with van der Waals surface area (Å²) in [6.45, 7) is 4.50. The zero-order valence-electron chi connectivity index (χ0n) is 13.7. The van der Waals surface area contributed by atoms with E-state index in [9.17, 15) is 4.39 Å². The van der Waals surface area contributed by atoms with Gasteiger partial charge >= 0.3 is 0 Å². The molecule has 6 nitrogen and oxygen atoms in total. The number of rotatable bonds is 6. The molecule has 24 heavy (non-hydrogen) atoms. The quantitative estimate of drug-likeness (QED) is 0.754. The van der Waals surface area contributed by atoms with Crippen LogP contribution in [0.5, 0.6) is 0 Å². The average molecular weight is 326 g/mol. The van der Waals surface area contributed by atoms with Gasteiger partial charge < -0.3 is 9.88 Å². The van der Waals surface area contributed by atoms with Gasteiger partial charge in [-0.05, 0) is 30.5 Å². The minimum atomic E-state index is -0.304. The second-order valence-electron chi connectivity index (χ2n) is 5.35. The zero-order chi connectivity index (χ0) is 16.9. The van der Waals surface area contributed by atoms with Crippen molar-refractivity contribution in [1.82, 2.24) is 24.7 Å². The summed E-state index contributed by atoms with van der Waals surface area (Å²) in [6, 6.07) is 5.09. The fourth-order valence-electron chi connectivity index (χ4n) is 2.47. The van der Waals surface area contributed by atoms with Gasteiger partial charge in [-0.15, -0.1) is 5.10 Å². The molecule has 0 radical (unpaired) electrons. The molecule has 0 spiro atoms. The van der Waals surface area contributed by atoms with E-state index in [1.54, 1.807) is 29.4 Å². The first-order valence-corrected chi connectivity index (χ1v) is 7.94. The Morgan fingerprint density at radius 2 is 1.96 bits per heavy atom. The summed E-state index contributed by atoms with van der Waals surface area (Å²) in [6.07, 6.45) is 6.51. The molecule has 2 heterocycles. The maximum absolute atomic E-state index is 14.2. The molecule has 0 aliphatic heterocycles. The Hall–Kier alpha value is -2.83. The number of aryl methyl sites for hydroxylation is 2. The fraction of sp³-hybridized carbons (Fsp3) is 0.294. The second kappa shape index (κ2) is 7.16. The van der Waals surface area contributed by atoms with Gasteiger partial charge in [-0.2, -0.15) is 5.10 Å². The number of nitrogens with zero attached hydrogens (tertiary/aromatic N) is 5. The van der Waals surface area contributed by atoms with Crippen LogP contribution < -0.4 is 5.32 Å². The molecule has 1 N–H and O–H groups in total. The monoisotopic (exact) mass is 326 g/mol. The maximum atomic E-state index is 14.2. The predicted octanol–water partition coefficient (Wildman–Crippen LogP) is 2.93. The third kappa shape index (κ3) is 3.40. The maximum Gasteiger partial charge on any atom is 0.243 e. The zero-order valence-corrected chi connectivity index (χ0v) is 13.7. The molecular formula is C17H19FN6. The van der Waals surface area contributed by atoms with Crippen molar-refractivity contribution >= 4 is 5.95 Å². The molecule has 3 aromatic rings. The normalized spacial score (nSPS) is 10.8. The lowest BCUT2D eigenvalue weighted by atomic mass is 10.2. The smallest absolute Gasteiger partial charge is 0.243 e. The number of benzene rings is 1. The molecule has 0 bridgehead atoms. The Morgan fingerprint density at radius 3 is 2.62 bits per heavy atom. The first-order chi connectivity index (χ1) is 11.7. The molecule has 124 valence electrons. The van der Waals surface area contributed by atoms with E-state index in [1.165, 1.54) is 6.07 Å². The molecule has 1 aromatic carbocycles. The molecule has 3 rings (SSSR count). The molecule has 0 saturated carbocycles. The van der Waals surface area contributed by atoms with E-state index in [0.717, 1.165) is 29.8 Å². The first kappa shape index (κ1) is 16.0. The van der Waals surface area contributed by atoms with Crippen LogP contribution in [-0.4, -0.2) is 24.7 Å². The van der Waals surface area contributed by atoms with Crippen LogP contribution in [0.3, 0.4) is 0 Å². The number of nitrogens with one attached hydrogen (secondary N) is 1. The Bertz CT molecular complexity index is 816. The van der Waals surface area contributed by atoms with Crippen LogP contribution in [0, 0.1) is 5.82 Å². The molecule has 2 aromatic heterocycles. The standard InChI is InChI=1S/C17H19FN6/c1-3-14-15(4-2)22-23-17(21-14)20-10-12-5-6-16(13(18)9-12)24-8-7-19-11-24/h5-9,11H,3-4,10H2,1-2H3,(H,20,21,23). The van der Waals surface area contributed by atoms with E-state index in [1.807, 2.05) is 19.9 Å². The summed E-state index contributed by atoms with van der Waals surface area (Å²) < 4.78 is 15.9. The summed E-state index contributed by atoms with van der Waals surface area (Å²) in [5, 5.41) is 11.4. The second-order valence-corrected chi connectivity index (χ2v) is 5.35. The van der Waals surface area contributed by atoms with Gasteiger partial charge in [-0.25, -0.2) is 14.4 Å². The van der Waals surface area contributed by atoms with Gasteiger partial charge in [0.2, 0.25) is 5.95 Å². The van der Waals surface area contributed by atoms with Crippen LogP contribution in [0.2, 0.25) is 0 Å². The van der Waals surface area contributed by atoms with Crippen molar-refractivity contribution in [3.63, 3.8) is 0 Å². The molecule has 0 aliphatic carbocycles. The highest BCUT2D eigenvalue weighted by atomic mass is 19.1. The van der Waals surface area contributed by atoms with Gasteiger partial charge in [-0.3, -0.25) is 0 Å². The Labute approximate surface area is 139 Å². The van der Waals surface area contributed by atoms with Crippen molar-refractivity contribution in [3.05, 3.63) is 59.7 Å². The lowest BCUT2D eigenvalue weighted by Gasteiger charge is -2.09. The van der Waals surface area contributed by atoms with Gasteiger partial charge in [-0.1, -0.05) is 19.9 Å². The predicted molar refractivity (Wildman–Crippen MR) is 89.4 cm³/mol. The number of hydrogen-bond donors (Lipinski definition) is 1. The summed E-state index contributed by atoms with van der Waals surface area (Å²) >= 11 is 0. The van der Waals surface area contributed by atoms with E-state index < -0.39 is 0 Å². The SMILES string of the molecule is CCc1nnc(NCc2ccc(-n3ccnc3)c(F)c2)nc1CC. The fourth-order valence-corrected chi connectivity index (χ4v) is 2.47. The van der Waals surface area contributed by atoms with Crippen LogP contribution >= 0.6 is 0 Å². The van der Waals surface area contributed by atoms with Crippen molar-refractivity contribution in [2.24, 2.45) is 0 Å². The molecule has 0 aliphatic rings. The van der Waals surface area contributed by atoms with Crippen molar-refractivity contribution in [2.45, 2.75) is 33.2 Å². The van der Waals surface area contributed by atoms with Crippen LogP contribution in [0.4, 0.5) is 10.3 Å². The number of imidazole rings is 1. The first-order valence-electron chi connectivity index (χ1n) is 7.94. The topological polar surface area (TPSA) is 68.5 Å². The van der Waals surface area contributed by atoms with Crippen LogP contribution in [-0.2, 0) is 19.4 Å². The lowest BCUT2D eigenvalue weighted by Crippen LogP contribution is -2.09. The summed E-state index contributed by atoms with van der Waals surface area (Å²) in [7, 11) is 0. The third-order valence-corrected chi connectivity index (χ3v) is 3.75. The van der Waals surface area contributed by atoms with Gasteiger partial charge in [0.1, 0.15) is 5.82 Å². The van der Waals surface area contributed by atoms with E-state index in [2.05, 4.69) is 25.5 Å². The molecule has 0 saturated heterocycles. The molecule has 0 unspecified atom stereocenters. The molecule has 0 fully saturated rings. The van der Waals surface area contributed by atoms with Gasteiger partial charge in [0.25, 0.3) is 0 Å². The Balaban J connectivity index is 1.72. The number of aromatic nitrogens is 5. The van der Waals surface area contributed by atoms with E-state index >= 15 is 0 Å². The van der Waals surface area contributed by atoms with Crippen LogP contribution in [0.15, 0.2) is 36.9 Å². The lowest BCUT2D eigenvalue weighted by molar-refractivity contribution is 0.616. The van der Waals surface area contributed by atoms with Crippen molar-refractivity contribution in [1.29, 1.82) is 0 Å². The summed E-state index contributed by atoms with van der Waals surface area (Å²) in [5.74, 6) is 0.157. The summed E-state index contributed by atoms with van der Waals surface area (Å²) in [5.41, 5.74) is 3.13. The van der Waals surface area contributed by atoms with Crippen LogP contribution in [0.25, 0.3) is 5.69 Å². The third-order valence-electron chi connectivity index (χ3n) is 3.75. The van der Waals surface area contributed by atoms with E-state index in [4.69, 9.17) is 0 Å². The highest BCUT2D eigenvalue weighted by molar-refractivity contribution is 5.38. The Kier molecular flexibility index (Phi) is 4.79. The van der Waals surface area contributed by atoms with Gasteiger partial charge in [0.15, 0.2) is 0 Å². The highest BCUT2D eigenvalue weighted by Crippen LogP contribution is 2.16. The number of hydrogen-bond acceptors (Lipinski definition) is 5. The molecule has 0 atom stereocenters. The van der Waals surface area contributed by atoms with Crippen molar-refractivity contribution in [3.8, 4) is 5.69 Å². The number of halogens is 1. The summed E-state index contributed by atoms with van der Waals surface area (Å²) in [4.78, 5) is 8.40. The largest absolute Gasteiger partial charge is 0.349 e. The molecule has 0 amide bonds. The molecular weight excluding hydrogens is 307 g/mol. The average Bonchev–Trinajstić information content (AvgIpc) is 3.14. The number of anilines is 1. The van der Waals surface area contributed by atoms with Crippen LogP contribution in [0.1, 0.15) is 30.8 Å². The highest BCUT2D eigenvalue weighted by Gasteiger charge is 2.08. The van der Waals surface area contributed by atoms with E-state index in [0.29, 0.717) is 18.2 Å². The Morgan fingerprint density at radius 1 is 1.12 bits per heavy atom. The van der Waals surface area contributed by atoms with Crippen molar-refractivity contribution < 1.29 is 4.39 Å².